The summed E-state index contributed by atoms with van der Waals surface area (Å²) in [6.07, 6.45) is 3.24. The predicted octanol–water partition coefficient (Wildman–Crippen LogP) is 2.63. The van der Waals surface area contributed by atoms with E-state index in [1.54, 1.807) is 33.0 Å². The van der Waals surface area contributed by atoms with Crippen molar-refractivity contribution in [2.45, 2.75) is 13.8 Å². The van der Waals surface area contributed by atoms with Gasteiger partial charge in [0.25, 0.3) is 0 Å². The lowest BCUT2D eigenvalue weighted by Gasteiger charge is -2.19. The van der Waals surface area contributed by atoms with Crippen LogP contribution in [0.4, 0.5) is 0 Å². The summed E-state index contributed by atoms with van der Waals surface area (Å²) in [5.41, 5.74) is -0.492. The van der Waals surface area contributed by atoms with Gasteiger partial charge in [0, 0.05) is 11.5 Å². The molecule has 0 bridgehead atoms. The molecule has 0 unspecified atom stereocenters. The Balaban J connectivity index is 5.13. The first kappa shape index (κ1) is 13.1. The van der Waals surface area contributed by atoms with Crippen molar-refractivity contribution in [1.82, 2.24) is 0 Å². The number of carboxylic acid groups (broad SMARTS) is 1. The first-order chi connectivity index (χ1) is 6.36. The van der Waals surface area contributed by atoms with Crippen molar-refractivity contribution in [2.75, 3.05) is 7.05 Å². The van der Waals surface area contributed by atoms with E-state index in [4.69, 9.17) is 5.11 Å². The lowest BCUT2D eigenvalue weighted by atomic mass is 9.87. The van der Waals surface area contributed by atoms with Crippen LogP contribution in [0.15, 0.2) is 28.2 Å². The van der Waals surface area contributed by atoms with Crippen LogP contribution in [0.2, 0.25) is 0 Å². The van der Waals surface area contributed by atoms with Gasteiger partial charge in [-0.2, -0.15) is 0 Å². The fraction of sp³-hybridized carbons (Fsp3) is 0.400. The summed E-state index contributed by atoms with van der Waals surface area (Å²) in [7, 11) is 1.57. The minimum absolute atomic E-state index is 0.497. The summed E-state index contributed by atoms with van der Waals surface area (Å²) in [5, 5.41) is 8.98. The summed E-state index contributed by atoms with van der Waals surface area (Å²) < 4.78 is 0.715. The molecule has 0 radical (unpaired) electrons. The van der Waals surface area contributed by atoms with Gasteiger partial charge in [-0.1, -0.05) is 28.6 Å². The van der Waals surface area contributed by atoms with E-state index in [1.807, 2.05) is 0 Å². The van der Waals surface area contributed by atoms with Crippen LogP contribution in [0.5, 0.6) is 0 Å². The Labute approximate surface area is 92.4 Å². The summed E-state index contributed by atoms with van der Waals surface area (Å²) in [6, 6.07) is 0. The lowest BCUT2D eigenvalue weighted by Crippen LogP contribution is -2.32. The van der Waals surface area contributed by atoms with Crippen molar-refractivity contribution in [3.63, 3.8) is 0 Å². The Bertz CT molecular complexity index is 303. The smallest absolute Gasteiger partial charge is 0.315 e. The molecule has 78 valence electrons. The quantitative estimate of drug-likeness (QED) is 0.624. The van der Waals surface area contributed by atoms with Gasteiger partial charge in [0.1, 0.15) is 5.41 Å². The summed E-state index contributed by atoms with van der Waals surface area (Å²) in [6.45, 7) is 6.77. The van der Waals surface area contributed by atoms with E-state index in [0.29, 0.717) is 10.2 Å². The number of hydrogen-bond donors (Lipinski definition) is 1. The Morgan fingerprint density at radius 3 is 2.36 bits per heavy atom. The summed E-state index contributed by atoms with van der Waals surface area (Å²) in [4.78, 5) is 14.9. The van der Waals surface area contributed by atoms with E-state index >= 15 is 0 Å². The van der Waals surface area contributed by atoms with E-state index in [1.165, 1.54) is 0 Å². The van der Waals surface area contributed by atoms with Crippen molar-refractivity contribution < 1.29 is 9.90 Å². The van der Waals surface area contributed by atoms with Crippen molar-refractivity contribution in [3.05, 3.63) is 23.2 Å². The zero-order valence-corrected chi connectivity index (χ0v) is 10.1. The van der Waals surface area contributed by atoms with Crippen LogP contribution in [0.25, 0.3) is 0 Å². The highest BCUT2D eigenvalue weighted by Gasteiger charge is 2.31. The second kappa shape index (κ2) is 5.10. The van der Waals surface area contributed by atoms with E-state index < -0.39 is 11.4 Å². The molecule has 1 N–H and O–H groups in total. The molecule has 0 aliphatic carbocycles. The molecule has 0 aromatic carbocycles. The Morgan fingerprint density at radius 1 is 1.57 bits per heavy atom. The maximum absolute atomic E-state index is 10.9. The maximum atomic E-state index is 10.9. The van der Waals surface area contributed by atoms with E-state index in [-0.39, 0.29) is 0 Å². The van der Waals surface area contributed by atoms with Gasteiger partial charge >= 0.3 is 5.97 Å². The number of carbonyl (C=O) groups is 1. The van der Waals surface area contributed by atoms with Crippen LogP contribution in [0.1, 0.15) is 13.8 Å². The van der Waals surface area contributed by atoms with Gasteiger partial charge in [0.15, 0.2) is 0 Å². The fourth-order valence-electron chi connectivity index (χ4n) is 0.824. The number of nitrogens with zero attached hydrogens (tertiary/aromatic N) is 1. The monoisotopic (exact) mass is 259 g/mol. The number of carboxylic acids is 1. The highest BCUT2D eigenvalue weighted by molar-refractivity contribution is 9.11. The number of rotatable bonds is 4. The molecular formula is C10H14BrNO2. The predicted molar refractivity (Wildman–Crippen MR) is 62.0 cm³/mol. The molecule has 0 aliphatic rings. The fourth-order valence-corrected chi connectivity index (χ4v) is 1.04. The Morgan fingerprint density at radius 2 is 2.07 bits per heavy atom. The minimum atomic E-state index is -0.989. The molecular weight excluding hydrogens is 246 g/mol. The third-order valence-electron chi connectivity index (χ3n) is 1.89. The molecule has 0 saturated heterocycles. The standard InChI is InChI=1S/C10H14BrNO2/c1-5-7(11)6-8(12-4)10(2,3)9(13)14/h5-6H,1H2,2-4H3,(H,13,14)/b7-6+,12-8?. The molecule has 0 fully saturated rings. The zero-order valence-electron chi connectivity index (χ0n) is 8.54. The SMILES string of the molecule is C=C/C(Br)=C\C(=NC)C(C)(C)C(=O)O. The number of hydrogen-bond acceptors (Lipinski definition) is 2. The number of halogens is 1. The molecule has 0 amide bonds. The van der Waals surface area contributed by atoms with Crippen molar-refractivity contribution in [2.24, 2.45) is 10.4 Å². The molecule has 0 saturated carbocycles. The molecule has 14 heavy (non-hydrogen) atoms. The van der Waals surface area contributed by atoms with Crippen LogP contribution in [-0.2, 0) is 4.79 Å². The lowest BCUT2D eigenvalue weighted by molar-refractivity contribution is -0.143. The maximum Gasteiger partial charge on any atom is 0.315 e. The van der Waals surface area contributed by atoms with Crippen molar-refractivity contribution in [1.29, 1.82) is 0 Å². The molecule has 0 aliphatic heterocycles. The van der Waals surface area contributed by atoms with Crippen LogP contribution in [0.3, 0.4) is 0 Å². The molecule has 0 rings (SSSR count). The molecule has 0 spiro atoms. The van der Waals surface area contributed by atoms with Crippen LogP contribution < -0.4 is 0 Å². The van der Waals surface area contributed by atoms with Crippen molar-refractivity contribution >= 4 is 27.6 Å². The van der Waals surface area contributed by atoms with Gasteiger partial charge in [-0.25, -0.2) is 0 Å². The van der Waals surface area contributed by atoms with Crippen LogP contribution in [-0.4, -0.2) is 23.8 Å². The van der Waals surface area contributed by atoms with Gasteiger partial charge in [-0.3, -0.25) is 9.79 Å². The van der Waals surface area contributed by atoms with E-state index in [2.05, 4.69) is 27.5 Å². The minimum Gasteiger partial charge on any atom is -0.481 e. The third-order valence-corrected chi connectivity index (χ3v) is 2.44. The molecule has 0 aromatic heterocycles. The Hall–Kier alpha value is -0.900. The van der Waals surface area contributed by atoms with Gasteiger partial charge in [-0.05, 0) is 19.9 Å². The number of aliphatic carboxylic acids is 1. The Kier molecular flexibility index (Phi) is 4.77. The topological polar surface area (TPSA) is 49.7 Å². The normalized spacial score (nSPS) is 14.0. The average molecular weight is 260 g/mol. The zero-order chi connectivity index (χ0) is 11.4. The highest BCUT2D eigenvalue weighted by atomic mass is 79.9. The number of allylic oxidation sites excluding steroid dienone is 3. The van der Waals surface area contributed by atoms with Gasteiger partial charge in [0.2, 0.25) is 0 Å². The molecule has 3 nitrogen and oxygen atoms in total. The first-order valence-electron chi connectivity index (χ1n) is 4.06. The van der Waals surface area contributed by atoms with Gasteiger partial charge in [0.05, 0.1) is 5.71 Å². The van der Waals surface area contributed by atoms with Crippen LogP contribution >= 0.6 is 15.9 Å². The second-order valence-corrected chi connectivity index (χ2v) is 4.19. The largest absolute Gasteiger partial charge is 0.481 e. The first-order valence-corrected chi connectivity index (χ1v) is 4.85. The second-order valence-electron chi connectivity index (χ2n) is 3.27. The third kappa shape index (κ3) is 3.10. The average Bonchev–Trinajstić information content (AvgIpc) is 2.12. The highest BCUT2D eigenvalue weighted by Crippen LogP contribution is 2.21. The van der Waals surface area contributed by atoms with E-state index in [9.17, 15) is 4.79 Å². The molecule has 0 heterocycles. The number of aliphatic imine (C=N–C) groups is 1. The van der Waals surface area contributed by atoms with Crippen molar-refractivity contribution in [3.8, 4) is 0 Å². The summed E-state index contributed by atoms with van der Waals surface area (Å²) in [5.74, 6) is -0.904. The summed E-state index contributed by atoms with van der Waals surface area (Å²) >= 11 is 3.23. The molecule has 0 aromatic rings. The van der Waals surface area contributed by atoms with Gasteiger partial charge in [-0.15, -0.1) is 0 Å². The van der Waals surface area contributed by atoms with E-state index in [0.717, 1.165) is 0 Å². The van der Waals surface area contributed by atoms with Crippen LogP contribution in [0, 0.1) is 5.41 Å². The molecule has 0 atom stereocenters. The molecule has 4 heteroatoms. The van der Waals surface area contributed by atoms with Gasteiger partial charge < -0.3 is 5.11 Å².